The van der Waals surface area contributed by atoms with Crippen LogP contribution in [0.25, 0.3) is 0 Å². The van der Waals surface area contributed by atoms with Gasteiger partial charge in [-0.05, 0) is 0 Å². The maximum atomic E-state index is 3.09. The zero-order chi connectivity index (χ0) is 10.3. The minimum atomic E-state index is 1.19. The first-order valence-electron chi connectivity index (χ1n) is 3.89. The van der Waals surface area contributed by atoms with Crippen molar-refractivity contribution in [2.24, 2.45) is 0 Å². The van der Waals surface area contributed by atoms with Gasteiger partial charge in [0.1, 0.15) is 0 Å². The van der Waals surface area contributed by atoms with Gasteiger partial charge in [0.2, 0.25) is 0 Å². The normalized spacial score (nSPS) is 10.6. The molecule has 2 rings (SSSR count). The average Bonchev–Trinajstić information content (AvgIpc) is 2.16. The number of hydrogen-bond acceptors (Lipinski definition) is 0. The number of hydrogen-bond donors (Lipinski definition) is 0. The topological polar surface area (TPSA) is 0 Å². The van der Waals surface area contributed by atoms with E-state index in [4.69, 9.17) is 0 Å². The van der Waals surface area contributed by atoms with Crippen molar-refractivity contribution in [2.45, 2.75) is 0 Å². The summed E-state index contributed by atoms with van der Waals surface area (Å²) in [6, 6.07) is 8.37. The van der Waals surface area contributed by atoms with Gasteiger partial charge in [-0.3, -0.25) is 0 Å². The Hall–Kier alpha value is 0.778. The molecular weight excluding hydrogens is 436 g/mol. The fourth-order valence-electron chi connectivity index (χ4n) is 1.37. The Kier molecular flexibility index (Phi) is 3.49. The van der Waals surface area contributed by atoms with E-state index in [1.54, 1.807) is 0 Å². The third-order valence-corrected chi connectivity index (χ3v) is 4.86. The van der Waals surface area contributed by atoms with Crippen molar-refractivity contribution in [1.29, 1.82) is 0 Å². The molecule has 0 bridgehead atoms. The molecule has 14 heavy (non-hydrogen) atoms. The molecule has 0 amide bonds. The molecule has 0 aromatic heterocycles. The van der Waals surface area contributed by atoms with Crippen molar-refractivity contribution in [3.05, 3.63) is 51.0 Å². The fraction of sp³-hybridized carbons (Fsp3) is 0. The molecule has 0 aliphatic heterocycles. The van der Waals surface area contributed by atoms with Gasteiger partial charge >= 0.3 is 113 Å². The van der Waals surface area contributed by atoms with E-state index < -0.39 is 0 Å². The molecule has 0 aromatic rings. The van der Waals surface area contributed by atoms with E-state index in [1.165, 1.54) is 26.7 Å². The van der Waals surface area contributed by atoms with Crippen LogP contribution in [0.3, 0.4) is 0 Å². The summed E-state index contributed by atoms with van der Waals surface area (Å²) in [5.41, 5.74) is 0. The molecule has 0 saturated heterocycles. The average molecular weight is 440 g/mol. The maximum absolute atomic E-state index is 3.09. The second-order valence-corrected chi connectivity index (χ2v) is 6.56. The predicted molar refractivity (Wildman–Crippen MR) is 60.1 cm³/mol. The Labute approximate surface area is 112 Å². The summed E-state index contributed by atoms with van der Waals surface area (Å²) < 4.78 is 4.74. The molecular formula is C10H4Se4. The molecule has 4 heteroatoms. The van der Waals surface area contributed by atoms with Crippen LogP contribution in [0.2, 0.25) is 0 Å². The van der Waals surface area contributed by atoms with E-state index in [9.17, 15) is 0 Å². The molecule has 0 heterocycles. The second kappa shape index (κ2) is 4.34. The Balaban J connectivity index is 3.58. The molecule has 0 nitrogen and oxygen atoms in total. The van der Waals surface area contributed by atoms with Gasteiger partial charge in [-0.15, -0.1) is 0 Å². The van der Waals surface area contributed by atoms with E-state index in [0.717, 1.165) is 0 Å². The first kappa shape index (κ1) is 11.3. The van der Waals surface area contributed by atoms with Crippen LogP contribution in [0.15, 0.2) is 24.3 Å². The van der Waals surface area contributed by atoms with Crippen LogP contribution in [0.4, 0.5) is 0 Å². The Morgan fingerprint density at radius 3 is 0.929 bits per heavy atom. The van der Waals surface area contributed by atoms with Gasteiger partial charge in [0.25, 0.3) is 0 Å². The molecule has 0 atom stereocenters. The molecule has 0 saturated carbocycles. The quantitative estimate of drug-likeness (QED) is 0.510. The first-order valence-corrected chi connectivity index (χ1v) is 7.31. The van der Waals surface area contributed by atoms with E-state index in [-0.39, 0.29) is 0 Å². The summed E-state index contributed by atoms with van der Waals surface area (Å²) in [5.74, 6) is 0. The van der Waals surface area contributed by atoms with Crippen molar-refractivity contribution in [1.82, 2.24) is 0 Å². The summed E-state index contributed by atoms with van der Waals surface area (Å²) in [6.07, 6.45) is 0. The van der Waals surface area contributed by atoms with Gasteiger partial charge in [-0.2, -0.15) is 0 Å². The van der Waals surface area contributed by atoms with Crippen LogP contribution in [-0.2, 0) is 0 Å². The van der Waals surface area contributed by atoms with Crippen LogP contribution in [-0.4, -0.2) is 62.3 Å². The summed E-state index contributed by atoms with van der Waals surface area (Å²) in [5, 5.41) is 2.52. The molecule has 2 aliphatic rings. The molecule has 0 fully saturated rings. The van der Waals surface area contributed by atoms with Crippen molar-refractivity contribution < 1.29 is 0 Å². The second-order valence-electron chi connectivity index (χ2n) is 2.87. The van der Waals surface area contributed by atoms with Crippen molar-refractivity contribution >= 4 is 62.3 Å². The molecule has 0 N–H and O–H groups in total. The molecule has 0 unspecified atom stereocenters. The van der Waals surface area contributed by atoms with Crippen LogP contribution < -0.4 is 0 Å². The van der Waals surface area contributed by atoms with Gasteiger partial charge in [-0.1, -0.05) is 0 Å². The SMILES string of the molecule is [Se]=c1ccc(=[Se])c2c(=[Se])ccc(=[Se])c1=2. The third-order valence-electron chi connectivity index (χ3n) is 2.01. The van der Waals surface area contributed by atoms with E-state index in [2.05, 4.69) is 86.6 Å². The molecule has 0 aromatic carbocycles. The van der Waals surface area contributed by atoms with Gasteiger partial charge in [-0.25, -0.2) is 0 Å². The molecule has 68 valence electrons. The van der Waals surface area contributed by atoms with Gasteiger partial charge in [0, 0.05) is 0 Å². The number of rotatable bonds is 0. The van der Waals surface area contributed by atoms with Crippen LogP contribution in [0, 0.1) is 26.7 Å². The fourth-order valence-corrected chi connectivity index (χ4v) is 4.38. The summed E-state index contributed by atoms with van der Waals surface area (Å²) >= 11 is 12.4. The monoisotopic (exact) mass is 444 g/mol. The predicted octanol–water partition coefficient (Wildman–Crippen LogP) is 0.0889. The Morgan fingerprint density at radius 2 is 0.714 bits per heavy atom. The van der Waals surface area contributed by atoms with E-state index in [0.29, 0.717) is 0 Å². The van der Waals surface area contributed by atoms with Crippen LogP contribution in [0.5, 0.6) is 0 Å². The zero-order valence-electron chi connectivity index (χ0n) is 6.94. The molecule has 0 spiro atoms. The zero-order valence-corrected chi connectivity index (χ0v) is 13.8. The minimum absolute atomic E-state index is 1.19. The van der Waals surface area contributed by atoms with Crippen molar-refractivity contribution in [2.75, 3.05) is 0 Å². The van der Waals surface area contributed by atoms with Gasteiger partial charge in [0.05, 0.1) is 0 Å². The first-order chi connectivity index (χ1) is 6.61. The Morgan fingerprint density at radius 1 is 0.500 bits per heavy atom. The van der Waals surface area contributed by atoms with E-state index in [1.807, 2.05) is 0 Å². The van der Waals surface area contributed by atoms with Gasteiger partial charge < -0.3 is 0 Å². The molecule has 0 radical (unpaired) electrons. The summed E-state index contributed by atoms with van der Waals surface area (Å²) in [4.78, 5) is 0. The molecule has 2 aliphatic carbocycles. The standard InChI is InChI=1S/C10H4Se4/c11-5-1-2-6(12)10-8(14)4-3-7(13)9(5)10/h1-4H. The van der Waals surface area contributed by atoms with Crippen molar-refractivity contribution in [3.8, 4) is 0 Å². The summed E-state index contributed by atoms with van der Waals surface area (Å²) in [7, 11) is 0. The third kappa shape index (κ3) is 1.87. The van der Waals surface area contributed by atoms with E-state index >= 15 is 0 Å². The Bertz CT molecular complexity index is 623. The van der Waals surface area contributed by atoms with Crippen molar-refractivity contribution in [3.63, 3.8) is 0 Å². The van der Waals surface area contributed by atoms with Gasteiger partial charge in [0.15, 0.2) is 0 Å². The summed E-state index contributed by atoms with van der Waals surface area (Å²) in [6.45, 7) is 0. The van der Waals surface area contributed by atoms with Crippen LogP contribution in [0.1, 0.15) is 0 Å². The van der Waals surface area contributed by atoms with Crippen LogP contribution >= 0.6 is 0 Å².